The highest BCUT2D eigenvalue weighted by Gasteiger charge is 2.59. The van der Waals surface area contributed by atoms with E-state index in [0.29, 0.717) is 0 Å². The summed E-state index contributed by atoms with van der Waals surface area (Å²) in [6, 6.07) is -24.0. The van der Waals surface area contributed by atoms with Crippen LogP contribution in [0.3, 0.4) is 0 Å². The van der Waals surface area contributed by atoms with E-state index in [-0.39, 0.29) is 23.0 Å². The fourth-order valence-electron chi connectivity index (χ4n) is 13.3. The van der Waals surface area contributed by atoms with E-state index in [1.165, 1.54) is 0 Å². The first kappa shape index (κ1) is 117. The van der Waals surface area contributed by atoms with Crippen LogP contribution in [0.2, 0.25) is 0 Å². The molecule has 0 aromatic rings. The fraction of sp³-hybridized carbons (Fsp3) is 0.737. The van der Waals surface area contributed by atoms with Gasteiger partial charge in [0.15, 0.2) is 25.2 Å². The molecule has 59 heteroatoms. The number of ether oxygens (including phenoxy) is 11. The highest BCUT2D eigenvalue weighted by molar-refractivity contribution is 7.99. The summed E-state index contributed by atoms with van der Waals surface area (Å²) >= 11 is 1.58. The first-order chi connectivity index (χ1) is 63.0. The molecule has 12 amide bonds. The third-order valence-corrected chi connectivity index (χ3v) is 22.7. The number of aliphatic carboxylic acids is 6. The molecule has 135 heavy (non-hydrogen) atoms. The van der Waals surface area contributed by atoms with E-state index in [0.717, 1.165) is 107 Å². The zero-order valence-electron chi connectivity index (χ0n) is 75.0. The van der Waals surface area contributed by atoms with Crippen molar-refractivity contribution in [1.29, 1.82) is 0 Å². The topological polar surface area (TPSA) is 882 Å². The van der Waals surface area contributed by atoms with Gasteiger partial charge >= 0.3 is 47.8 Å². The fourth-order valence-corrected chi connectivity index (χ4v) is 15.3. The Kier molecular flexibility index (Phi) is 48.1. The van der Waals surface area contributed by atoms with Gasteiger partial charge in [-0.3, -0.25) is 86.3 Å². The lowest BCUT2D eigenvalue weighted by atomic mass is 9.92. The molecule has 4 heterocycles. The molecule has 0 bridgehead atoms. The van der Waals surface area contributed by atoms with Gasteiger partial charge in [-0.15, -0.1) is 0 Å². The van der Waals surface area contributed by atoms with Gasteiger partial charge < -0.3 is 189 Å². The van der Waals surface area contributed by atoms with Crippen molar-refractivity contribution in [3.63, 3.8) is 0 Å². The van der Waals surface area contributed by atoms with E-state index in [1.54, 1.807) is 0 Å². The van der Waals surface area contributed by atoms with Crippen molar-refractivity contribution in [2.45, 2.75) is 304 Å². The lowest BCUT2D eigenvalue weighted by Gasteiger charge is -2.52. The molecule has 0 aliphatic carbocycles. The highest BCUT2D eigenvalue weighted by Crippen LogP contribution is 2.37. The predicted octanol–water partition coefficient (Wildman–Crippen LogP) is -13.1. The summed E-state index contributed by atoms with van der Waals surface area (Å²) in [4.78, 5) is 258. The Hall–Kier alpha value is -10.6. The molecule has 32 unspecified atom stereocenters. The summed E-state index contributed by atoms with van der Waals surface area (Å²) in [6.07, 6.45) is -39.9. The van der Waals surface area contributed by atoms with E-state index in [2.05, 4.69) is 63.8 Å². The summed E-state index contributed by atoms with van der Waals surface area (Å²) in [7, 11) is 0. The number of carboxylic acids is 6. The number of carbonyl (C=O) groups excluding carboxylic acids is 14. The molecule has 4 fully saturated rings. The Morgan fingerprint density at radius 3 is 1.04 bits per heavy atom. The zero-order valence-corrected chi connectivity index (χ0v) is 76.6. The van der Waals surface area contributed by atoms with Crippen molar-refractivity contribution in [2.24, 2.45) is 11.5 Å². The molecule has 0 aromatic carbocycles. The molecule has 0 spiro atoms. The van der Waals surface area contributed by atoms with Crippen molar-refractivity contribution in [3.05, 3.63) is 0 Å². The van der Waals surface area contributed by atoms with E-state index in [4.69, 9.17) is 63.6 Å². The number of carboxylic acid groups (broad SMARTS) is 6. The van der Waals surface area contributed by atoms with Crippen molar-refractivity contribution >= 4 is 142 Å². The quantitative estimate of drug-likeness (QED) is 0.0251. The van der Waals surface area contributed by atoms with Crippen LogP contribution in [0.4, 0.5) is 0 Å². The average Bonchev–Trinajstić information content (AvgIpc) is 0.760. The highest BCUT2D eigenvalue weighted by atomic mass is 32.2. The van der Waals surface area contributed by atoms with E-state index < -0.39 is 366 Å². The van der Waals surface area contributed by atoms with Crippen LogP contribution in [0.25, 0.3) is 0 Å². The number of carbonyl (C=O) groups is 20. The van der Waals surface area contributed by atoms with Gasteiger partial charge in [0.05, 0.1) is 13.2 Å². The first-order valence-electron chi connectivity index (χ1n) is 41.7. The summed E-state index contributed by atoms with van der Waals surface area (Å²) in [5.74, 6) is -25.5. The van der Waals surface area contributed by atoms with Gasteiger partial charge in [-0.25, -0.2) is 9.59 Å². The third-order valence-electron chi connectivity index (χ3n) is 20.4. The molecular weight excluding hydrogens is 1860 g/mol. The van der Waals surface area contributed by atoms with Crippen LogP contribution in [0, 0.1) is 0 Å². The summed E-state index contributed by atoms with van der Waals surface area (Å²) in [5, 5.41) is 154. The second-order valence-corrected chi connectivity index (χ2v) is 33.7. The molecule has 764 valence electrons. The van der Waals surface area contributed by atoms with Gasteiger partial charge in [-0.05, 0) is 54.4 Å². The Balaban J connectivity index is 1.78. The first-order valence-corrected chi connectivity index (χ1v) is 44.0. The van der Waals surface area contributed by atoms with Crippen molar-refractivity contribution in [3.8, 4) is 0 Å². The smallest absolute Gasteiger partial charge is 0.326 e. The van der Waals surface area contributed by atoms with Crippen LogP contribution in [-0.2, 0) is 148 Å². The van der Waals surface area contributed by atoms with Crippen LogP contribution in [0.1, 0.15) is 109 Å². The Labute approximate surface area is 777 Å². The van der Waals surface area contributed by atoms with Crippen molar-refractivity contribution < 1.29 is 209 Å². The number of esters is 2. The van der Waals surface area contributed by atoms with Crippen LogP contribution < -0.4 is 75.3 Å². The Morgan fingerprint density at radius 1 is 0.341 bits per heavy atom. The molecule has 28 N–H and O–H groups in total. The second-order valence-electron chi connectivity index (χ2n) is 31.5. The number of amides is 12. The molecule has 4 rings (SSSR count). The van der Waals surface area contributed by atoms with E-state index >= 15 is 0 Å². The lowest BCUT2D eigenvalue weighted by molar-refractivity contribution is -0.366. The van der Waals surface area contributed by atoms with E-state index in [9.17, 15) is 157 Å². The molecule has 0 radical (unpaired) electrons. The number of thioether (sulfide) groups is 2. The Morgan fingerprint density at radius 2 is 0.674 bits per heavy atom. The molecular formula is C76H120N14O43S2. The van der Waals surface area contributed by atoms with Crippen LogP contribution >= 0.6 is 23.5 Å². The van der Waals surface area contributed by atoms with E-state index in [1.807, 2.05) is 0 Å². The maximum absolute atomic E-state index is 14.6. The number of rotatable bonds is 54. The average molecular weight is 1980 g/mol. The van der Waals surface area contributed by atoms with Gasteiger partial charge in [0.25, 0.3) is 0 Å². The van der Waals surface area contributed by atoms with Gasteiger partial charge in [0.1, 0.15) is 183 Å². The third kappa shape index (κ3) is 37.1. The molecule has 4 aliphatic heterocycles. The lowest BCUT2D eigenvalue weighted by Crippen LogP contribution is -2.72. The van der Waals surface area contributed by atoms with Gasteiger partial charge in [0.2, 0.25) is 70.9 Å². The van der Waals surface area contributed by atoms with Crippen molar-refractivity contribution in [2.75, 3.05) is 49.4 Å². The minimum Gasteiger partial charge on any atom is -0.480 e. The molecule has 32 atom stereocenters. The van der Waals surface area contributed by atoms with Gasteiger partial charge in [0, 0.05) is 77.4 Å². The number of hydrogen-bond acceptors (Lipinski definition) is 41. The normalized spacial score (nSPS) is 27.5. The number of aliphatic hydroxyl groups is 6. The summed E-state index contributed by atoms with van der Waals surface area (Å²) < 4.78 is 67.3. The van der Waals surface area contributed by atoms with Crippen molar-refractivity contribution in [1.82, 2.24) is 63.8 Å². The largest absolute Gasteiger partial charge is 0.480 e. The molecule has 57 nitrogen and oxygen atoms in total. The van der Waals surface area contributed by atoms with Gasteiger partial charge in [-0.2, -0.15) is 23.5 Å². The maximum Gasteiger partial charge on any atom is 0.326 e. The molecule has 0 saturated carbocycles. The molecule has 4 saturated heterocycles. The number of nitrogens with two attached hydrogens (primary N) is 2. The summed E-state index contributed by atoms with van der Waals surface area (Å²) in [5.41, 5.74) is 11.1. The second kappa shape index (κ2) is 55.6. The van der Waals surface area contributed by atoms with Crippen LogP contribution in [0.5, 0.6) is 0 Å². The Bertz CT molecular complexity index is 4150. The number of aliphatic hydroxyl groups excluding tert-OH is 6. The number of nitrogens with one attached hydrogen (secondary N) is 12. The maximum atomic E-state index is 14.6. The molecule has 4 aliphatic rings. The predicted molar refractivity (Wildman–Crippen MR) is 449 cm³/mol. The number of hydrogen-bond donors (Lipinski definition) is 26. The molecule has 0 aromatic heterocycles. The standard InChI is InChI=1S/C76H120N14O43S2/c1-25(61(104)89-39(71(118)119)13-15-47(99)87-41(23-134-21-37(77)69(114)115)65(108)81-27(3)67(110)111)79-63(106)29(5)125-59-51(85-33(9)95)73(122)127-45(19-123-35(11)97)57(59)132-75-50(84-32(8)94)55(103)56(44(18-92)129-75)131-76-52(86-34(10)96)60(58(46(130-76)20-124-36(12)98)133-74-49(83-31(7)93)54(102)53(101)43(17-91)128-74)126-30(6)64(107)80-26(2)62(105)90-40(72(120)121)14-16-48(100)88-42(24-135-22-38(78)70(116)117)66(109)82-28(4)68(112)113/h25-30,37-46,49-60,73-76,91-92,101-103,122H,13-24,77-78H2,1-12H3,(H,79,106)(H,80,107)(H,81,108)(H,82,109)(H,83,93)(H,84,94)(H,85,95)(H,86,96)(H,87,99)(H,88,100)(H,89,104)(H,90,105)(H,110,111)(H,112,113)(H,114,115)(H,116,117)(H,118,119)(H,120,121). The minimum atomic E-state index is -2.36. The van der Waals surface area contributed by atoms with Crippen LogP contribution in [-0.4, -0.2) is 425 Å². The van der Waals surface area contributed by atoms with Gasteiger partial charge in [-0.1, -0.05) is 0 Å². The summed E-state index contributed by atoms with van der Waals surface area (Å²) in [6.45, 7) is 7.69. The minimum absolute atomic E-state index is 0.272. The zero-order chi connectivity index (χ0) is 102. The van der Waals surface area contributed by atoms with Crippen LogP contribution in [0.15, 0.2) is 0 Å². The monoisotopic (exact) mass is 1980 g/mol. The SMILES string of the molecule is CC(=O)NC1C(OC2C(COC(C)=O)OC(OC3C(CO)OC(OC4C(COC(C)=O)OC(O)C(NC(C)=O)C4OC(C)C(=O)NC(C)C(=O)NC(CCC(=O)NC(CSCC(N)C(=O)O)C(=O)NC(C)C(=O)O)C(=O)O)C(NC(C)=O)C3O)C(NC(C)=O)C2OC(C)C(=O)NC(C)C(=O)NC(CCC(=O)NC(CSCC(N)C(=O)O)C(=O)NC(C)C(=O)O)C(=O)O)OC(CO)C(O)C1O.